The number of sulfonamides is 1. The Kier molecular flexibility index (Phi) is 4.73. The van der Waals surface area contributed by atoms with Crippen LogP contribution in [0.3, 0.4) is 0 Å². The van der Waals surface area contributed by atoms with Crippen molar-refractivity contribution in [1.82, 2.24) is 9.62 Å². The van der Waals surface area contributed by atoms with Gasteiger partial charge in [-0.15, -0.1) is 0 Å². The van der Waals surface area contributed by atoms with E-state index in [0.29, 0.717) is 0 Å². The van der Waals surface area contributed by atoms with Crippen molar-refractivity contribution in [3.8, 4) is 0 Å². The fourth-order valence-electron chi connectivity index (χ4n) is 0.741. The van der Waals surface area contributed by atoms with E-state index in [0.717, 1.165) is 4.31 Å². The molecule has 0 aromatic rings. The van der Waals surface area contributed by atoms with Gasteiger partial charge in [0.2, 0.25) is 15.9 Å². The van der Waals surface area contributed by atoms with Crippen LogP contribution in [0.5, 0.6) is 0 Å². The molecule has 0 atom stereocenters. The highest BCUT2D eigenvalue weighted by Gasteiger charge is 2.21. The smallest absolute Gasteiger partial charge is 0.225 e. The average Bonchev–Trinajstić information content (AvgIpc) is 2.01. The van der Waals surface area contributed by atoms with E-state index in [1.165, 1.54) is 14.1 Å². The van der Waals surface area contributed by atoms with Crippen LogP contribution in [0.25, 0.3) is 0 Å². The number of carbonyl (C=O) groups is 1. The Balaban J connectivity index is 4.08. The molecule has 0 fully saturated rings. The average molecular weight is 236 g/mol. The number of rotatable bonds is 4. The van der Waals surface area contributed by atoms with Crippen LogP contribution in [-0.4, -0.2) is 45.0 Å². The lowest BCUT2D eigenvalue weighted by atomic mass is 9.96. The Morgan fingerprint density at radius 3 is 2.07 bits per heavy atom. The van der Waals surface area contributed by atoms with E-state index in [1.807, 2.05) is 0 Å². The van der Waals surface area contributed by atoms with Crippen LogP contribution in [0.1, 0.15) is 20.8 Å². The highest BCUT2D eigenvalue weighted by atomic mass is 32.2. The normalized spacial score (nSPS) is 12.9. The standard InChI is InChI=1S/C9H20N2O3S/c1-9(2,3)8(12)10-6-7-15(13,14)11(4)5/h6-7H2,1-5H3,(H,10,12). The Morgan fingerprint density at radius 2 is 1.73 bits per heavy atom. The Hall–Kier alpha value is -0.620. The molecule has 0 aliphatic rings. The maximum absolute atomic E-state index is 11.4. The lowest BCUT2D eigenvalue weighted by Gasteiger charge is -2.18. The number of carbonyl (C=O) groups excluding carboxylic acids is 1. The molecule has 0 aromatic heterocycles. The van der Waals surface area contributed by atoms with Gasteiger partial charge in [0.1, 0.15) is 0 Å². The highest BCUT2D eigenvalue weighted by molar-refractivity contribution is 7.89. The fraction of sp³-hybridized carbons (Fsp3) is 0.889. The van der Waals surface area contributed by atoms with E-state index in [4.69, 9.17) is 0 Å². The molecule has 0 radical (unpaired) electrons. The van der Waals surface area contributed by atoms with Gasteiger partial charge in [0, 0.05) is 26.1 Å². The molecule has 6 heteroatoms. The molecular weight excluding hydrogens is 216 g/mol. The summed E-state index contributed by atoms with van der Waals surface area (Å²) < 4.78 is 23.8. The summed E-state index contributed by atoms with van der Waals surface area (Å²) in [6, 6.07) is 0. The van der Waals surface area contributed by atoms with E-state index in [-0.39, 0.29) is 18.2 Å². The first-order valence-electron chi connectivity index (χ1n) is 4.76. The molecule has 0 bridgehead atoms. The van der Waals surface area contributed by atoms with Gasteiger partial charge in [0.25, 0.3) is 0 Å². The number of hydrogen-bond donors (Lipinski definition) is 1. The minimum Gasteiger partial charge on any atom is -0.355 e. The molecule has 0 saturated carbocycles. The maximum Gasteiger partial charge on any atom is 0.225 e. The van der Waals surface area contributed by atoms with Gasteiger partial charge in [0.05, 0.1) is 5.75 Å². The Labute approximate surface area is 91.9 Å². The molecule has 1 amide bonds. The van der Waals surface area contributed by atoms with E-state index in [1.54, 1.807) is 20.8 Å². The van der Waals surface area contributed by atoms with Crippen molar-refractivity contribution in [1.29, 1.82) is 0 Å². The van der Waals surface area contributed by atoms with Crippen molar-refractivity contribution < 1.29 is 13.2 Å². The largest absolute Gasteiger partial charge is 0.355 e. The molecule has 0 saturated heterocycles. The second-order valence-corrected chi connectivity index (χ2v) is 6.91. The first-order chi connectivity index (χ1) is 6.57. The van der Waals surface area contributed by atoms with Crippen molar-refractivity contribution in [3.63, 3.8) is 0 Å². The zero-order valence-corrected chi connectivity index (χ0v) is 10.8. The monoisotopic (exact) mass is 236 g/mol. The van der Waals surface area contributed by atoms with Gasteiger partial charge in [0.15, 0.2) is 0 Å². The zero-order valence-electron chi connectivity index (χ0n) is 9.99. The Morgan fingerprint density at radius 1 is 1.27 bits per heavy atom. The molecule has 0 heterocycles. The van der Waals surface area contributed by atoms with E-state index < -0.39 is 15.4 Å². The van der Waals surface area contributed by atoms with E-state index >= 15 is 0 Å². The number of nitrogens with one attached hydrogen (secondary N) is 1. The van der Waals surface area contributed by atoms with Crippen molar-refractivity contribution in [2.45, 2.75) is 20.8 Å². The third kappa shape index (κ3) is 5.13. The molecule has 15 heavy (non-hydrogen) atoms. The van der Waals surface area contributed by atoms with Crippen molar-refractivity contribution >= 4 is 15.9 Å². The molecule has 5 nitrogen and oxygen atoms in total. The second kappa shape index (κ2) is 4.94. The summed E-state index contributed by atoms with van der Waals surface area (Å²) in [4.78, 5) is 11.4. The number of amides is 1. The van der Waals surface area contributed by atoms with Crippen LogP contribution in [0.4, 0.5) is 0 Å². The quantitative estimate of drug-likeness (QED) is 0.749. The van der Waals surface area contributed by atoms with Crippen molar-refractivity contribution in [3.05, 3.63) is 0 Å². The Bertz CT molecular complexity index is 315. The third-order valence-electron chi connectivity index (χ3n) is 1.88. The van der Waals surface area contributed by atoms with Gasteiger partial charge in [-0.2, -0.15) is 0 Å². The highest BCUT2D eigenvalue weighted by Crippen LogP contribution is 2.11. The van der Waals surface area contributed by atoms with Gasteiger partial charge in [-0.05, 0) is 0 Å². The number of nitrogens with zero attached hydrogens (tertiary/aromatic N) is 1. The first kappa shape index (κ1) is 14.4. The predicted molar refractivity (Wildman–Crippen MR) is 59.9 cm³/mol. The molecule has 0 unspecified atom stereocenters. The second-order valence-electron chi connectivity index (χ2n) is 4.60. The molecule has 90 valence electrons. The van der Waals surface area contributed by atoms with Crippen molar-refractivity contribution in [2.24, 2.45) is 5.41 Å². The lowest BCUT2D eigenvalue weighted by molar-refractivity contribution is -0.128. The molecule has 0 rings (SSSR count). The lowest BCUT2D eigenvalue weighted by Crippen LogP contribution is -2.39. The van der Waals surface area contributed by atoms with Crippen LogP contribution in [0.2, 0.25) is 0 Å². The first-order valence-corrected chi connectivity index (χ1v) is 6.37. The molecular formula is C9H20N2O3S. The van der Waals surface area contributed by atoms with Gasteiger partial charge in [-0.25, -0.2) is 12.7 Å². The van der Waals surface area contributed by atoms with Crippen LogP contribution < -0.4 is 5.32 Å². The molecule has 0 aromatic carbocycles. The van der Waals surface area contributed by atoms with Gasteiger partial charge in [-0.3, -0.25) is 4.79 Å². The summed E-state index contributed by atoms with van der Waals surface area (Å²) in [5, 5.41) is 2.59. The summed E-state index contributed by atoms with van der Waals surface area (Å²) in [7, 11) is -0.274. The van der Waals surface area contributed by atoms with Gasteiger partial charge in [-0.1, -0.05) is 20.8 Å². The summed E-state index contributed by atoms with van der Waals surface area (Å²) >= 11 is 0. The summed E-state index contributed by atoms with van der Waals surface area (Å²) in [5.41, 5.74) is -0.484. The minimum absolute atomic E-state index is 0.0676. The SMILES string of the molecule is CN(C)S(=O)(=O)CCNC(=O)C(C)(C)C. The van der Waals surface area contributed by atoms with E-state index in [9.17, 15) is 13.2 Å². The van der Waals surface area contributed by atoms with Crippen LogP contribution in [-0.2, 0) is 14.8 Å². The summed E-state index contributed by atoms with van der Waals surface area (Å²) in [5.74, 6) is -0.210. The molecule has 0 spiro atoms. The van der Waals surface area contributed by atoms with Crippen LogP contribution >= 0.6 is 0 Å². The fourth-order valence-corrected chi connectivity index (χ4v) is 1.47. The van der Waals surface area contributed by atoms with E-state index in [2.05, 4.69) is 5.32 Å². The van der Waals surface area contributed by atoms with Crippen molar-refractivity contribution in [2.75, 3.05) is 26.4 Å². The minimum atomic E-state index is -3.22. The summed E-state index contributed by atoms with van der Waals surface area (Å²) in [6.07, 6.45) is 0. The number of hydrogen-bond acceptors (Lipinski definition) is 3. The van der Waals surface area contributed by atoms with Crippen LogP contribution in [0, 0.1) is 5.41 Å². The maximum atomic E-state index is 11.4. The molecule has 0 aliphatic carbocycles. The van der Waals surface area contributed by atoms with Gasteiger partial charge < -0.3 is 5.32 Å². The van der Waals surface area contributed by atoms with Crippen LogP contribution in [0.15, 0.2) is 0 Å². The predicted octanol–water partition coefficient (Wildman–Crippen LogP) is 0.0401. The zero-order chi connectivity index (χ0) is 12.3. The molecule has 0 aliphatic heterocycles. The van der Waals surface area contributed by atoms with Gasteiger partial charge >= 0.3 is 0 Å². The summed E-state index contributed by atoms with van der Waals surface area (Å²) in [6.45, 7) is 5.49. The topological polar surface area (TPSA) is 66.5 Å². The third-order valence-corrected chi connectivity index (χ3v) is 3.72. The molecule has 1 N–H and O–H groups in total.